The van der Waals surface area contributed by atoms with Crippen molar-refractivity contribution in [1.82, 2.24) is 19.9 Å². The number of benzene rings is 4. The van der Waals surface area contributed by atoms with Gasteiger partial charge in [-0.05, 0) is 89.3 Å². The van der Waals surface area contributed by atoms with E-state index in [0.717, 1.165) is 10.9 Å². The summed E-state index contributed by atoms with van der Waals surface area (Å²) in [6.45, 7) is -0.0233. The van der Waals surface area contributed by atoms with E-state index >= 15 is 0 Å². The van der Waals surface area contributed by atoms with Crippen LogP contribution in [-0.2, 0) is 17.6 Å². The molecular weight excluding hydrogens is 858 g/mol. The number of hydrogen-bond donors (Lipinski definition) is 6. The molecule has 61 heavy (non-hydrogen) atoms. The monoisotopic (exact) mass is 892 g/mol. The van der Waals surface area contributed by atoms with Crippen LogP contribution in [0.5, 0.6) is 11.5 Å². The number of rotatable bonds is 12. The molecule has 0 saturated carbocycles. The van der Waals surface area contributed by atoms with E-state index in [4.69, 9.17) is 46.4 Å². The van der Waals surface area contributed by atoms with Crippen LogP contribution in [0, 0.1) is 0 Å². The van der Waals surface area contributed by atoms with Crippen molar-refractivity contribution in [3.05, 3.63) is 187 Å². The Bertz CT molecular complexity index is 2840. The number of pyridine rings is 4. The molecule has 0 aliphatic carbocycles. The molecule has 8 rings (SSSR count). The lowest BCUT2D eigenvalue weighted by Crippen LogP contribution is -2.15. The van der Waals surface area contributed by atoms with Crippen LogP contribution < -0.4 is 10.6 Å². The van der Waals surface area contributed by atoms with Crippen LogP contribution in [0.2, 0.25) is 20.1 Å². The van der Waals surface area contributed by atoms with E-state index in [-0.39, 0.29) is 24.5 Å². The van der Waals surface area contributed by atoms with Gasteiger partial charge in [0.15, 0.2) is 0 Å². The van der Waals surface area contributed by atoms with Crippen molar-refractivity contribution < 1.29 is 25.2 Å². The lowest BCUT2D eigenvalue weighted by molar-refractivity contribution is -0.136. The van der Waals surface area contributed by atoms with Crippen LogP contribution in [-0.4, -0.2) is 52.9 Å². The molecule has 4 aromatic carbocycles. The molecule has 0 fully saturated rings. The van der Waals surface area contributed by atoms with Crippen LogP contribution in [0.3, 0.4) is 0 Å². The molecule has 2 unspecified atom stereocenters. The number of anilines is 2. The number of aromatic nitrogens is 4. The van der Waals surface area contributed by atoms with E-state index in [1.54, 1.807) is 85.5 Å². The van der Waals surface area contributed by atoms with Gasteiger partial charge in [-0.3, -0.25) is 14.8 Å². The highest BCUT2D eigenvalue weighted by Crippen LogP contribution is 2.43. The summed E-state index contributed by atoms with van der Waals surface area (Å²) in [7, 11) is 0. The number of phenolic OH excluding ortho intramolecular Hbond substituents is 2. The molecule has 0 spiro atoms. The summed E-state index contributed by atoms with van der Waals surface area (Å²) in [5, 5.41) is 50.7. The fourth-order valence-corrected chi connectivity index (χ4v) is 7.88. The predicted molar refractivity (Wildman–Crippen MR) is 241 cm³/mol. The first kappa shape index (κ1) is 42.9. The zero-order chi connectivity index (χ0) is 43.0. The maximum absolute atomic E-state index is 11.5. The van der Waals surface area contributed by atoms with Gasteiger partial charge in [0.1, 0.15) is 34.2 Å². The van der Waals surface area contributed by atoms with E-state index in [9.17, 15) is 25.2 Å². The molecule has 0 aliphatic rings. The largest absolute Gasteiger partial charge is 0.505 e. The maximum atomic E-state index is 11.5. The third kappa shape index (κ3) is 9.57. The van der Waals surface area contributed by atoms with Crippen LogP contribution in [0.25, 0.3) is 21.8 Å². The summed E-state index contributed by atoms with van der Waals surface area (Å²) < 4.78 is 0. The van der Waals surface area contributed by atoms with Gasteiger partial charge in [0, 0.05) is 53.3 Å². The molecule has 11 nitrogen and oxygen atoms in total. The zero-order valence-electron chi connectivity index (χ0n) is 32.0. The van der Waals surface area contributed by atoms with Crippen molar-refractivity contribution in [3.8, 4) is 11.5 Å². The molecule has 2 atom stereocenters. The van der Waals surface area contributed by atoms with Crippen LogP contribution >= 0.6 is 46.4 Å². The molecule has 0 amide bonds. The number of aliphatic hydroxyl groups is 1. The van der Waals surface area contributed by atoms with Crippen LogP contribution in [0.1, 0.15) is 45.5 Å². The zero-order valence-corrected chi connectivity index (χ0v) is 35.0. The first-order valence-corrected chi connectivity index (χ1v) is 20.3. The van der Waals surface area contributed by atoms with E-state index in [2.05, 4.69) is 30.6 Å². The predicted octanol–water partition coefficient (Wildman–Crippen LogP) is 10.8. The minimum atomic E-state index is -0.989. The fraction of sp³-hybridized carbons (Fsp3) is 0.109. The number of aliphatic hydroxyl groups excluding tert-OH is 1. The van der Waals surface area contributed by atoms with Gasteiger partial charge < -0.3 is 31.1 Å². The van der Waals surface area contributed by atoms with E-state index in [1.165, 1.54) is 0 Å². The third-order valence-electron chi connectivity index (χ3n) is 9.81. The lowest BCUT2D eigenvalue weighted by Gasteiger charge is -2.24. The number of phenols is 2. The van der Waals surface area contributed by atoms with Crippen molar-refractivity contribution in [2.75, 3.05) is 17.2 Å². The van der Waals surface area contributed by atoms with E-state index < -0.39 is 18.1 Å². The molecule has 0 bridgehead atoms. The van der Waals surface area contributed by atoms with Crippen LogP contribution in [0.4, 0.5) is 11.6 Å². The highest BCUT2D eigenvalue weighted by Gasteiger charge is 2.27. The number of carbonyl (C=O) groups is 1. The minimum absolute atomic E-state index is 0.0233. The van der Waals surface area contributed by atoms with Gasteiger partial charge in [-0.1, -0.05) is 94.9 Å². The Kier molecular flexibility index (Phi) is 13.7. The summed E-state index contributed by atoms with van der Waals surface area (Å²) in [6, 6.07) is 30.9. The Hall–Kier alpha value is -6.21. The summed E-state index contributed by atoms with van der Waals surface area (Å²) in [6.07, 6.45) is 6.69. The number of carboxylic acids is 1. The van der Waals surface area contributed by atoms with Gasteiger partial charge in [-0.25, -0.2) is 9.97 Å². The van der Waals surface area contributed by atoms with Gasteiger partial charge in [0.2, 0.25) is 0 Å². The SMILES string of the molecule is O=C(O)Cc1cc(C(Nc2ccccn2)c2cccc(Cl)c2Cl)c(O)c2ncccc12.OCCc1cc(C(Nc2ccccn2)c2cccc(Cl)c2Cl)c(O)c2ncccc12. The first-order valence-electron chi connectivity index (χ1n) is 18.8. The fourth-order valence-electron chi connectivity index (χ4n) is 7.05. The average Bonchev–Trinajstić information content (AvgIpc) is 3.27. The normalized spacial score (nSPS) is 12.0. The van der Waals surface area contributed by atoms with Gasteiger partial charge in [0.25, 0.3) is 0 Å². The minimum Gasteiger partial charge on any atom is -0.505 e. The molecule has 0 aliphatic heterocycles. The highest BCUT2D eigenvalue weighted by atomic mass is 35.5. The summed E-state index contributed by atoms with van der Waals surface area (Å²) in [5.74, 6) is 0.134. The Labute approximate surface area is 370 Å². The first-order chi connectivity index (χ1) is 29.5. The number of fused-ring (bicyclic) bond motifs is 2. The molecular formula is C46H36Cl4N6O5. The Balaban J connectivity index is 0.000000184. The molecule has 8 aromatic rings. The van der Waals surface area contributed by atoms with E-state index in [0.29, 0.717) is 82.4 Å². The molecule has 308 valence electrons. The van der Waals surface area contributed by atoms with Gasteiger partial charge in [-0.15, -0.1) is 0 Å². The smallest absolute Gasteiger partial charge is 0.307 e. The van der Waals surface area contributed by atoms with Crippen molar-refractivity contribution >= 4 is 85.8 Å². The number of aromatic hydroxyl groups is 2. The van der Waals surface area contributed by atoms with Gasteiger partial charge in [0.05, 0.1) is 38.6 Å². The number of carboxylic acid groups (broad SMARTS) is 1. The van der Waals surface area contributed by atoms with Crippen LogP contribution in [0.15, 0.2) is 134 Å². The van der Waals surface area contributed by atoms with Gasteiger partial charge in [-0.2, -0.15) is 0 Å². The van der Waals surface area contributed by atoms with Gasteiger partial charge >= 0.3 is 5.97 Å². The van der Waals surface area contributed by atoms with Crippen molar-refractivity contribution in [1.29, 1.82) is 0 Å². The molecule has 4 aromatic heterocycles. The number of halogens is 4. The van der Waals surface area contributed by atoms with E-state index in [1.807, 2.05) is 48.5 Å². The van der Waals surface area contributed by atoms with Crippen molar-refractivity contribution in [3.63, 3.8) is 0 Å². The second-order valence-electron chi connectivity index (χ2n) is 13.7. The summed E-state index contributed by atoms with van der Waals surface area (Å²) in [4.78, 5) is 28.8. The number of nitrogens with one attached hydrogen (secondary N) is 2. The molecule has 6 N–H and O–H groups in total. The third-order valence-corrected chi connectivity index (χ3v) is 11.5. The number of aliphatic carboxylic acids is 1. The highest BCUT2D eigenvalue weighted by molar-refractivity contribution is 6.43. The van der Waals surface area contributed by atoms with Crippen molar-refractivity contribution in [2.24, 2.45) is 0 Å². The van der Waals surface area contributed by atoms with Crippen molar-refractivity contribution in [2.45, 2.75) is 24.9 Å². The topological polar surface area (TPSA) is 174 Å². The molecule has 15 heteroatoms. The Morgan fingerprint density at radius 3 is 1.46 bits per heavy atom. The molecule has 0 radical (unpaired) electrons. The molecule has 4 heterocycles. The summed E-state index contributed by atoms with van der Waals surface area (Å²) in [5.41, 5.74) is 4.44. The number of nitrogens with zero attached hydrogens (tertiary/aromatic N) is 4. The Morgan fingerprint density at radius 2 is 1.02 bits per heavy atom. The Morgan fingerprint density at radius 1 is 0.557 bits per heavy atom. The summed E-state index contributed by atoms with van der Waals surface area (Å²) >= 11 is 25.6. The number of hydrogen-bond acceptors (Lipinski definition) is 10. The second-order valence-corrected chi connectivity index (χ2v) is 15.2. The maximum Gasteiger partial charge on any atom is 0.307 e. The quantitative estimate of drug-likeness (QED) is 0.0689. The average molecular weight is 895 g/mol. The standard InChI is InChI=1S/C23H17Cl2N3O3.C23H19Cl2N3O2/c24-17-7-3-5-15(20(17)25)21(28-18-8-1-2-9-26-18)16-11-13(12-19(29)30)14-6-4-10-27-22(14)23(16)31;24-18-7-3-5-16(20(18)25)21(28-19-8-1-2-10-26-19)17-13-14(9-12-29)15-6-4-11-27-22(15)23(17)30/h1-11,21,31H,12H2,(H,26,28)(H,29,30);1-8,10-11,13,21,29-30H,9,12H2,(H,26,28). The lowest BCUT2D eigenvalue weighted by atomic mass is 9.92. The molecule has 0 saturated heterocycles. The second kappa shape index (κ2) is 19.4.